The second-order valence-corrected chi connectivity index (χ2v) is 7.74. The van der Waals surface area contributed by atoms with Crippen LogP contribution in [0.15, 0.2) is 23.6 Å². The molecule has 0 bridgehead atoms. The number of likely N-dealkylation sites (tertiary alicyclic amines) is 1. The van der Waals surface area contributed by atoms with E-state index in [2.05, 4.69) is 27.6 Å². The third-order valence-electron chi connectivity index (χ3n) is 5.03. The number of nitrogens with zero attached hydrogens (tertiary/aromatic N) is 2. The van der Waals surface area contributed by atoms with Gasteiger partial charge in [-0.1, -0.05) is 0 Å². The lowest BCUT2D eigenvalue weighted by Crippen LogP contribution is -2.31. The zero-order valence-corrected chi connectivity index (χ0v) is 16.4. The highest BCUT2D eigenvalue weighted by molar-refractivity contribution is 7.14. The number of fused-ring (bicyclic) bond motifs is 1. The summed E-state index contributed by atoms with van der Waals surface area (Å²) in [4.78, 5) is 31.2. The molecule has 28 heavy (non-hydrogen) atoms. The molecule has 1 aromatic heterocycles. The van der Waals surface area contributed by atoms with E-state index in [9.17, 15) is 9.59 Å². The quantitative estimate of drug-likeness (QED) is 0.771. The molecule has 3 heterocycles. The second kappa shape index (κ2) is 8.15. The van der Waals surface area contributed by atoms with E-state index in [1.807, 2.05) is 0 Å². The molecule has 2 amide bonds. The predicted molar refractivity (Wildman–Crippen MR) is 105 cm³/mol. The van der Waals surface area contributed by atoms with Crippen LogP contribution < -0.4 is 20.1 Å². The van der Waals surface area contributed by atoms with Crippen LogP contribution in [0, 0.1) is 0 Å². The van der Waals surface area contributed by atoms with Gasteiger partial charge >= 0.3 is 0 Å². The van der Waals surface area contributed by atoms with E-state index in [4.69, 9.17) is 9.47 Å². The number of hydrogen-bond donors (Lipinski definition) is 2. The lowest BCUT2D eigenvalue weighted by molar-refractivity contribution is 0.0944. The molecule has 9 heteroatoms. The summed E-state index contributed by atoms with van der Waals surface area (Å²) in [6.45, 7) is 1.89. The molecule has 2 N–H and O–H groups in total. The molecule has 0 saturated carbocycles. The number of carbonyl (C=O) groups excluding carboxylic acids is 2. The number of benzene rings is 1. The maximum absolute atomic E-state index is 12.4. The molecule has 1 saturated heterocycles. The first kappa shape index (κ1) is 18.7. The van der Waals surface area contributed by atoms with Crippen LogP contribution in [0.3, 0.4) is 0 Å². The Bertz CT molecular complexity index is 885. The third kappa shape index (κ3) is 4.10. The Morgan fingerprint density at radius 3 is 2.96 bits per heavy atom. The first-order valence-corrected chi connectivity index (χ1v) is 10.1. The zero-order valence-electron chi connectivity index (χ0n) is 15.6. The summed E-state index contributed by atoms with van der Waals surface area (Å²) in [5, 5.41) is 7.65. The third-order valence-corrected chi connectivity index (χ3v) is 5.78. The van der Waals surface area contributed by atoms with Gasteiger partial charge in [0.1, 0.15) is 5.69 Å². The summed E-state index contributed by atoms with van der Waals surface area (Å²) in [6, 6.07) is 5.51. The van der Waals surface area contributed by atoms with Crippen LogP contribution in [-0.4, -0.2) is 54.7 Å². The fourth-order valence-electron chi connectivity index (χ4n) is 3.43. The van der Waals surface area contributed by atoms with Gasteiger partial charge in [0, 0.05) is 23.5 Å². The highest BCUT2D eigenvalue weighted by atomic mass is 32.1. The highest BCUT2D eigenvalue weighted by Gasteiger charge is 2.21. The second-order valence-electron chi connectivity index (χ2n) is 6.88. The number of carbonyl (C=O) groups is 2. The molecule has 8 nitrogen and oxygen atoms in total. The van der Waals surface area contributed by atoms with Crippen LogP contribution in [-0.2, 0) is 0 Å². The van der Waals surface area contributed by atoms with Gasteiger partial charge in [0.2, 0.25) is 6.79 Å². The van der Waals surface area contributed by atoms with E-state index in [0.29, 0.717) is 40.5 Å². The number of amides is 2. The smallest absolute Gasteiger partial charge is 0.270 e. The Hall–Kier alpha value is -2.65. The minimum Gasteiger partial charge on any atom is -0.454 e. The Labute approximate surface area is 166 Å². The summed E-state index contributed by atoms with van der Waals surface area (Å²) < 4.78 is 10.5. The summed E-state index contributed by atoms with van der Waals surface area (Å²) >= 11 is 1.22. The van der Waals surface area contributed by atoms with Gasteiger partial charge in [0.25, 0.3) is 11.8 Å². The molecular weight excluding hydrogens is 380 g/mol. The molecule has 0 aliphatic carbocycles. The number of ether oxygens (including phenoxy) is 2. The number of thiazole rings is 1. The van der Waals surface area contributed by atoms with Crippen molar-refractivity contribution in [1.82, 2.24) is 15.2 Å². The molecule has 0 spiro atoms. The normalized spacial score (nSPS) is 18.2. The Morgan fingerprint density at radius 2 is 2.14 bits per heavy atom. The van der Waals surface area contributed by atoms with Crippen molar-refractivity contribution < 1.29 is 19.1 Å². The first-order valence-electron chi connectivity index (χ1n) is 9.25. The van der Waals surface area contributed by atoms with Crippen molar-refractivity contribution in [2.24, 2.45) is 0 Å². The van der Waals surface area contributed by atoms with Gasteiger partial charge in [-0.15, -0.1) is 11.3 Å². The molecule has 1 atom stereocenters. The van der Waals surface area contributed by atoms with Crippen LogP contribution in [0.5, 0.6) is 11.5 Å². The highest BCUT2D eigenvalue weighted by Crippen LogP contribution is 2.32. The largest absolute Gasteiger partial charge is 0.454 e. The van der Waals surface area contributed by atoms with Crippen LogP contribution in [0.25, 0.3) is 0 Å². The fourth-order valence-corrected chi connectivity index (χ4v) is 4.12. The number of rotatable bonds is 6. The van der Waals surface area contributed by atoms with Crippen molar-refractivity contribution in [3.05, 3.63) is 34.8 Å². The molecule has 2 aliphatic rings. The van der Waals surface area contributed by atoms with E-state index in [-0.39, 0.29) is 18.6 Å². The minimum atomic E-state index is -0.316. The van der Waals surface area contributed by atoms with Crippen LogP contribution in [0.1, 0.15) is 40.1 Å². The van der Waals surface area contributed by atoms with Gasteiger partial charge in [0.05, 0.1) is 0 Å². The number of nitrogens with one attached hydrogen (secondary N) is 2. The zero-order chi connectivity index (χ0) is 19.5. The summed E-state index contributed by atoms with van der Waals surface area (Å²) in [5.74, 6) is 0.623. The van der Waals surface area contributed by atoms with Crippen molar-refractivity contribution in [2.75, 3.05) is 32.2 Å². The monoisotopic (exact) mass is 402 g/mol. The van der Waals surface area contributed by atoms with Crippen molar-refractivity contribution in [2.45, 2.75) is 25.3 Å². The van der Waals surface area contributed by atoms with Crippen molar-refractivity contribution >= 4 is 28.3 Å². The minimum absolute atomic E-state index is 0.155. The SMILES string of the molecule is CN1CCC[C@H]1CCNC(=O)c1csc(NC(=O)c2ccc3c(c2)OCO3)n1. The molecule has 148 valence electrons. The standard InChI is InChI=1S/C19H22N4O4S/c1-23-8-2-3-13(23)6-7-20-18(25)14-10-28-19(21-14)22-17(24)12-4-5-15-16(9-12)27-11-26-15/h4-5,9-10,13H,2-3,6-8,11H2,1H3,(H,20,25)(H,21,22,24)/t13-/m0/s1. The average Bonchev–Trinajstić information content (AvgIpc) is 3.42. The lowest BCUT2D eigenvalue weighted by Gasteiger charge is -2.19. The molecule has 0 radical (unpaired) electrons. The van der Waals surface area contributed by atoms with Gasteiger partial charge in [-0.3, -0.25) is 14.9 Å². The number of hydrogen-bond acceptors (Lipinski definition) is 7. The molecule has 1 aromatic carbocycles. The van der Waals surface area contributed by atoms with Crippen LogP contribution >= 0.6 is 11.3 Å². The number of anilines is 1. The van der Waals surface area contributed by atoms with E-state index >= 15 is 0 Å². The fraction of sp³-hybridized carbons (Fsp3) is 0.421. The molecule has 2 aliphatic heterocycles. The molecule has 0 unspecified atom stereocenters. The molecule has 2 aromatic rings. The van der Waals surface area contributed by atoms with Crippen molar-refractivity contribution in [1.29, 1.82) is 0 Å². The summed E-state index contributed by atoms with van der Waals surface area (Å²) in [6.07, 6.45) is 3.33. The van der Waals surface area contributed by atoms with Gasteiger partial charge in [-0.2, -0.15) is 0 Å². The molecule has 4 rings (SSSR count). The maximum atomic E-state index is 12.4. The lowest BCUT2D eigenvalue weighted by atomic mass is 10.1. The van der Waals surface area contributed by atoms with Crippen molar-refractivity contribution in [3.63, 3.8) is 0 Å². The van der Waals surface area contributed by atoms with E-state index in [1.54, 1.807) is 23.6 Å². The Morgan fingerprint density at radius 1 is 1.29 bits per heavy atom. The molecule has 1 fully saturated rings. The Balaban J connectivity index is 1.30. The van der Waals surface area contributed by atoms with Gasteiger partial charge in [-0.25, -0.2) is 4.98 Å². The summed E-state index contributed by atoms with van der Waals surface area (Å²) in [5.41, 5.74) is 0.747. The predicted octanol–water partition coefficient (Wildman–Crippen LogP) is 2.34. The van der Waals surface area contributed by atoms with E-state index in [0.717, 1.165) is 13.0 Å². The van der Waals surface area contributed by atoms with E-state index < -0.39 is 0 Å². The first-order chi connectivity index (χ1) is 13.6. The summed E-state index contributed by atoms with van der Waals surface area (Å²) in [7, 11) is 2.12. The van der Waals surface area contributed by atoms with Gasteiger partial charge in [0.15, 0.2) is 16.6 Å². The maximum Gasteiger partial charge on any atom is 0.270 e. The number of aromatic nitrogens is 1. The van der Waals surface area contributed by atoms with E-state index in [1.165, 1.54) is 24.2 Å². The topological polar surface area (TPSA) is 92.8 Å². The average molecular weight is 402 g/mol. The Kier molecular flexibility index (Phi) is 5.45. The van der Waals surface area contributed by atoms with Crippen LogP contribution in [0.4, 0.5) is 5.13 Å². The molecular formula is C19H22N4O4S. The van der Waals surface area contributed by atoms with Gasteiger partial charge in [-0.05, 0) is 51.1 Å². The van der Waals surface area contributed by atoms with Gasteiger partial charge < -0.3 is 19.7 Å². The van der Waals surface area contributed by atoms with Crippen LogP contribution in [0.2, 0.25) is 0 Å². The van der Waals surface area contributed by atoms with Crippen molar-refractivity contribution in [3.8, 4) is 11.5 Å².